The fourth-order valence-electron chi connectivity index (χ4n) is 3.61. The van der Waals surface area contributed by atoms with E-state index >= 15 is 0 Å². The minimum Gasteiger partial charge on any atom is -0.484 e. The molecule has 0 unspecified atom stereocenters. The van der Waals surface area contributed by atoms with Gasteiger partial charge in [0.15, 0.2) is 18.1 Å². The first-order chi connectivity index (χ1) is 17.9. The van der Waals surface area contributed by atoms with E-state index in [0.29, 0.717) is 44.1 Å². The number of imide groups is 1. The van der Waals surface area contributed by atoms with Gasteiger partial charge >= 0.3 is 0 Å². The maximum Gasteiger partial charge on any atom is 0.293 e. The Balaban J connectivity index is 1.23. The summed E-state index contributed by atoms with van der Waals surface area (Å²) in [6, 6.07) is 16.9. The van der Waals surface area contributed by atoms with Crippen LogP contribution in [-0.4, -0.2) is 35.4 Å². The number of fused-ring (bicyclic) bond motifs is 1. The highest BCUT2D eigenvalue weighted by Gasteiger charge is 2.35. The van der Waals surface area contributed by atoms with E-state index in [-0.39, 0.29) is 30.8 Å². The summed E-state index contributed by atoms with van der Waals surface area (Å²) in [5, 5.41) is 3.25. The van der Waals surface area contributed by atoms with Crippen molar-refractivity contribution < 1.29 is 28.6 Å². The van der Waals surface area contributed by atoms with Gasteiger partial charge in [0, 0.05) is 21.8 Å². The molecule has 0 atom stereocenters. The fraction of sp³-hybridized carbons (Fsp3) is 0.115. The van der Waals surface area contributed by atoms with Crippen molar-refractivity contribution >= 4 is 63.8 Å². The van der Waals surface area contributed by atoms with Crippen LogP contribution in [0.1, 0.15) is 11.1 Å². The normalized spacial score (nSPS) is 15.4. The molecule has 0 bridgehead atoms. The molecule has 3 amide bonds. The Morgan fingerprint density at radius 1 is 1.05 bits per heavy atom. The number of benzene rings is 3. The van der Waals surface area contributed by atoms with Crippen molar-refractivity contribution in [1.29, 1.82) is 0 Å². The number of nitrogens with one attached hydrogen (secondary N) is 1. The van der Waals surface area contributed by atoms with Gasteiger partial charge in [0.05, 0.1) is 11.4 Å². The van der Waals surface area contributed by atoms with E-state index in [1.165, 1.54) is 0 Å². The van der Waals surface area contributed by atoms with Crippen molar-refractivity contribution in [1.82, 2.24) is 4.90 Å². The number of rotatable bonds is 7. The topological polar surface area (TPSA) is 94.2 Å². The van der Waals surface area contributed by atoms with Gasteiger partial charge in [-0.3, -0.25) is 19.3 Å². The molecule has 0 aliphatic carbocycles. The molecular weight excluding hydrogens is 539 g/mol. The molecule has 5 rings (SSSR count). The van der Waals surface area contributed by atoms with Gasteiger partial charge in [-0.1, -0.05) is 35.3 Å². The Morgan fingerprint density at radius 2 is 1.81 bits per heavy atom. The summed E-state index contributed by atoms with van der Waals surface area (Å²) in [6.07, 6.45) is 1.60. The predicted molar refractivity (Wildman–Crippen MR) is 141 cm³/mol. The zero-order valence-electron chi connectivity index (χ0n) is 19.0. The standard InChI is InChI=1S/C26H18Cl2N2O6S/c27-17-4-6-18(7-5-17)29-24(31)13-34-19-3-1-2-15(8-19)9-23-25(32)30(26(33)37-23)12-16-10-21-22(11-20(16)28)36-14-35-21/h1-11H,12-14H2,(H,29,31)/b23-9-. The van der Waals surface area contributed by atoms with Gasteiger partial charge in [-0.25, -0.2) is 0 Å². The first-order valence-corrected chi connectivity index (χ1v) is 12.5. The Bertz CT molecular complexity index is 1430. The number of carbonyl (C=O) groups excluding carboxylic acids is 3. The SMILES string of the molecule is O=C(COc1cccc(/C=C2\SC(=O)N(Cc3cc4c(cc3Cl)OCO4)C2=O)c1)Nc1ccc(Cl)cc1. The quantitative estimate of drug-likeness (QED) is 0.358. The van der Waals surface area contributed by atoms with Crippen LogP contribution in [0.2, 0.25) is 10.0 Å². The number of carbonyl (C=O) groups is 3. The Hall–Kier alpha value is -3.66. The van der Waals surface area contributed by atoms with Gasteiger partial charge in [0.2, 0.25) is 6.79 Å². The van der Waals surface area contributed by atoms with Gasteiger partial charge in [0.1, 0.15) is 5.75 Å². The predicted octanol–water partition coefficient (Wildman–Crippen LogP) is 5.98. The Kier molecular flexibility index (Phi) is 7.27. The van der Waals surface area contributed by atoms with Crippen LogP contribution in [0.3, 0.4) is 0 Å². The zero-order valence-corrected chi connectivity index (χ0v) is 21.4. The van der Waals surface area contributed by atoms with Crippen molar-refractivity contribution in [3.8, 4) is 17.2 Å². The number of halogens is 2. The number of thioether (sulfide) groups is 1. The second-order valence-corrected chi connectivity index (χ2v) is 9.82. The highest BCUT2D eigenvalue weighted by Crippen LogP contribution is 2.39. The van der Waals surface area contributed by atoms with E-state index in [0.717, 1.165) is 16.7 Å². The molecule has 2 heterocycles. The molecule has 188 valence electrons. The third-order valence-electron chi connectivity index (χ3n) is 5.40. The summed E-state index contributed by atoms with van der Waals surface area (Å²) in [4.78, 5) is 39.2. The van der Waals surface area contributed by atoms with E-state index in [1.807, 2.05) is 0 Å². The zero-order chi connectivity index (χ0) is 25.9. The highest BCUT2D eigenvalue weighted by atomic mass is 35.5. The monoisotopic (exact) mass is 556 g/mol. The summed E-state index contributed by atoms with van der Waals surface area (Å²) < 4.78 is 16.3. The molecule has 0 aromatic heterocycles. The van der Waals surface area contributed by atoms with Gasteiger partial charge in [0.25, 0.3) is 17.1 Å². The largest absolute Gasteiger partial charge is 0.484 e. The molecule has 11 heteroatoms. The molecule has 1 saturated heterocycles. The molecule has 1 N–H and O–H groups in total. The van der Waals surface area contributed by atoms with Gasteiger partial charge in [-0.15, -0.1) is 0 Å². The molecule has 8 nitrogen and oxygen atoms in total. The Labute approximate surface area is 226 Å². The average molecular weight is 557 g/mol. The number of anilines is 1. The first kappa shape index (κ1) is 25.0. The lowest BCUT2D eigenvalue weighted by atomic mass is 10.1. The van der Waals surface area contributed by atoms with Crippen LogP contribution in [0, 0.1) is 0 Å². The number of hydrogen-bond donors (Lipinski definition) is 1. The summed E-state index contributed by atoms with van der Waals surface area (Å²) in [5.41, 5.74) is 1.81. The molecule has 1 fully saturated rings. The number of nitrogens with zero attached hydrogens (tertiary/aromatic N) is 1. The van der Waals surface area contributed by atoms with E-state index in [9.17, 15) is 14.4 Å². The van der Waals surface area contributed by atoms with Crippen molar-refractivity contribution in [2.75, 3.05) is 18.7 Å². The molecular formula is C26H18Cl2N2O6S. The van der Waals surface area contributed by atoms with Crippen molar-refractivity contribution in [3.05, 3.63) is 86.7 Å². The number of ether oxygens (including phenoxy) is 3. The van der Waals surface area contributed by atoms with Gasteiger partial charge in [-0.05, 0) is 71.4 Å². The van der Waals surface area contributed by atoms with E-state index in [4.69, 9.17) is 37.4 Å². The lowest BCUT2D eigenvalue weighted by Crippen LogP contribution is -2.27. The smallest absolute Gasteiger partial charge is 0.293 e. The van der Waals surface area contributed by atoms with Crippen molar-refractivity contribution in [3.63, 3.8) is 0 Å². The van der Waals surface area contributed by atoms with E-state index in [1.54, 1.807) is 66.7 Å². The van der Waals surface area contributed by atoms with Crippen molar-refractivity contribution in [2.24, 2.45) is 0 Å². The third-order valence-corrected chi connectivity index (χ3v) is 6.91. The summed E-state index contributed by atoms with van der Waals surface area (Å²) in [7, 11) is 0. The van der Waals surface area contributed by atoms with Crippen LogP contribution < -0.4 is 19.5 Å². The van der Waals surface area contributed by atoms with Crippen LogP contribution in [0.25, 0.3) is 6.08 Å². The highest BCUT2D eigenvalue weighted by molar-refractivity contribution is 8.18. The fourth-order valence-corrected chi connectivity index (χ4v) is 4.79. The number of hydrogen-bond acceptors (Lipinski definition) is 7. The maximum atomic E-state index is 13.0. The van der Waals surface area contributed by atoms with Crippen molar-refractivity contribution in [2.45, 2.75) is 6.54 Å². The molecule has 2 aliphatic rings. The van der Waals surface area contributed by atoms with Crippen LogP contribution in [0.5, 0.6) is 17.2 Å². The minimum atomic E-state index is -0.433. The minimum absolute atomic E-state index is 0.00334. The maximum absolute atomic E-state index is 13.0. The second-order valence-electron chi connectivity index (χ2n) is 7.98. The van der Waals surface area contributed by atoms with Crippen LogP contribution in [-0.2, 0) is 16.1 Å². The van der Waals surface area contributed by atoms with Crippen LogP contribution >= 0.6 is 35.0 Å². The average Bonchev–Trinajstić information content (AvgIpc) is 3.43. The molecule has 3 aromatic carbocycles. The van der Waals surface area contributed by atoms with E-state index in [2.05, 4.69) is 5.32 Å². The van der Waals surface area contributed by atoms with E-state index < -0.39 is 11.1 Å². The molecule has 0 radical (unpaired) electrons. The van der Waals surface area contributed by atoms with Gasteiger partial charge in [-0.2, -0.15) is 0 Å². The lowest BCUT2D eigenvalue weighted by Gasteiger charge is -2.14. The summed E-state index contributed by atoms with van der Waals surface area (Å²) in [6.45, 7) is -0.114. The lowest BCUT2D eigenvalue weighted by molar-refractivity contribution is -0.123. The second kappa shape index (κ2) is 10.8. The first-order valence-electron chi connectivity index (χ1n) is 11.0. The molecule has 0 saturated carbocycles. The van der Waals surface area contributed by atoms with Crippen LogP contribution in [0.15, 0.2) is 65.6 Å². The Morgan fingerprint density at radius 3 is 2.59 bits per heavy atom. The molecule has 0 spiro atoms. The summed E-state index contributed by atoms with van der Waals surface area (Å²) >= 11 is 13.0. The van der Waals surface area contributed by atoms with Gasteiger partial charge < -0.3 is 19.5 Å². The summed E-state index contributed by atoms with van der Waals surface area (Å²) in [5.74, 6) is 0.702. The molecule has 37 heavy (non-hydrogen) atoms. The third kappa shape index (κ3) is 5.85. The number of amides is 3. The van der Waals surface area contributed by atoms with Crippen LogP contribution in [0.4, 0.5) is 10.5 Å². The molecule has 3 aromatic rings. The molecule has 2 aliphatic heterocycles.